The molecule has 0 aromatic heterocycles. The number of carboxylic acid groups (broad SMARTS) is 1. The van der Waals surface area contributed by atoms with Gasteiger partial charge in [0.05, 0.1) is 7.11 Å². The van der Waals surface area contributed by atoms with Gasteiger partial charge in [-0.1, -0.05) is 6.42 Å². The van der Waals surface area contributed by atoms with Crippen LogP contribution in [0.1, 0.15) is 40.7 Å². The second-order valence-electron chi connectivity index (χ2n) is 6.74. The van der Waals surface area contributed by atoms with E-state index in [1.54, 1.807) is 24.1 Å². The van der Waals surface area contributed by atoms with Crippen LogP contribution in [-0.2, 0) is 4.79 Å². The van der Waals surface area contributed by atoms with Gasteiger partial charge in [-0.25, -0.2) is 4.79 Å². The zero-order chi connectivity index (χ0) is 16.7. The average Bonchev–Trinajstić information content (AvgIpc) is 3.05. The van der Waals surface area contributed by atoms with E-state index in [4.69, 9.17) is 4.74 Å². The van der Waals surface area contributed by atoms with Crippen molar-refractivity contribution in [1.82, 2.24) is 4.90 Å². The Bertz CT molecular complexity index is 631. The lowest BCUT2D eigenvalue weighted by Crippen LogP contribution is -2.43. The molecule has 1 saturated heterocycles. The molecule has 1 N–H and O–H groups in total. The molecule has 0 spiro atoms. The summed E-state index contributed by atoms with van der Waals surface area (Å²) in [5.41, 5.74) is 2.33. The number of benzene rings is 1. The second kappa shape index (κ2) is 5.87. The first kappa shape index (κ1) is 15.8. The predicted molar refractivity (Wildman–Crippen MR) is 85.8 cm³/mol. The van der Waals surface area contributed by atoms with Crippen LogP contribution in [-0.4, -0.2) is 41.6 Å². The Labute approximate surface area is 136 Å². The van der Waals surface area contributed by atoms with Crippen LogP contribution in [0.3, 0.4) is 0 Å². The van der Waals surface area contributed by atoms with Gasteiger partial charge in [0.25, 0.3) is 5.91 Å². The number of carboxylic acids is 1. The van der Waals surface area contributed by atoms with Gasteiger partial charge in [0.15, 0.2) is 0 Å². The fourth-order valence-electron chi connectivity index (χ4n) is 4.39. The summed E-state index contributed by atoms with van der Waals surface area (Å²) in [6, 6.07) is 2.90. The number of ether oxygens (including phenoxy) is 1. The van der Waals surface area contributed by atoms with Crippen molar-refractivity contribution in [3.63, 3.8) is 0 Å². The first-order valence-electron chi connectivity index (χ1n) is 8.13. The first-order chi connectivity index (χ1) is 10.9. The third kappa shape index (κ3) is 2.58. The van der Waals surface area contributed by atoms with Crippen LogP contribution in [0.4, 0.5) is 0 Å². The number of amides is 1. The molecule has 124 valence electrons. The topological polar surface area (TPSA) is 66.8 Å². The Morgan fingerprint density at radius 3 is 2.43 bits per heavy atom. The molecule has 1 heterocycles. The third-order valence-electron chi connectivity index (χ3n) is 5.32. The van der Waals surface area contributed by atoms with Crippen LogP contribution in [0.5, 0.6) is 5.75 Å². The number of aryl methyl sites for hydroxylation is 2. The summed E-state index contributed by atoms with van der Waals surface area (Å²) in [7, 11) is 1.61. The van der Waals surface area contributed by atoms with Crippen molar-refractivity contribution in [3.05, 3.63) is 28.8 Å². The number of carbonyl (C=O) groups excluding carboxylic acids is 1. The fraction of sp³-hybridized carbons (Fsp3) is 0.556. The molecule has 1 saturated carbocycles. The van der Waals surface area contributed by atoms with E-state index in [-0.39, 0.29) is 11.8 Å². The van der Waals surface area contributed by atoms with Gasteiger partial charge in [0.1, 0.15) is 11.8 Å². The lowest BCUT2D eigenvalue weighted by Gasteiger charge is -2.25. The van der Waals surface area contributed by atoms with Crippen LogP contribution in [0.25, 0.3) is 0 Å². The summed E-state index contributed by atoms with van der Waals surface area (Å²) in [5, 5.41) is 9.60. The number of carbonyl (C=O) groups is 2. The Balaban J connectivity index is 1.92. The number of fused-ring (bicyclic) bond motifs is 1. The molecule has 2 fully saturated rings. The summed E-state index contributed by atoms with van der Waals surface area (Å²) >= 11 is 0. The molecule has 1 aromatic rings. The van der Waals surface area contributed by atoms with Crippen molar-refractivity contribution >= 4 is 11.9 Å². The highest BCUT2D eigenvalue weighted by atomic mass is 16.5. The maximum absolute atomic E-state index is 12.9. The van der Waals surface area contributed by atoms with Gasteiger partial charge in [0, 0.05) is 12.1 Å². The van der Waals surface area contributed by atoms with Crippen LogP contribution >= 0.6 is 0 Å². The smallest absolute Gasteiger partial charge is 0.326 e. The van der Waals surface area contributed by atoms with Crippen molar-refractivity contribution < 1.29 is 19.4 Å². The van der Waals surface area contributed by atoms with Crippen LogP contribution in [0.2, 0.25) is 0 Å². The Hall–Kier alpha value is -2.04. The minimum absolute atomic E-state index is 0.108. The highest BCUT2D eigenvalue weighted by molar-refractivity contribution is 5.97. The minimum Gasteiger partial charge on any atom is -0.496 e. The summed E-state index contributed by atoms with van der Waals surface area (Å²) in [4.78, 5) is 26.2. The van der Waals surface area contributed by atoms with E-state index in [0.29, 0.717) is 18.0 Å². The van der Waals surface area contributed by atoms with E-state index in [2.05, 4.69) is 0 Å². The molecule has 1 aliphatic heterocycles. The van der Waals surface area contributed by atoms with Gasteiger partial charge in [0.2, 0.25) is 0 Å². The molecule has 1 aromatic carbocycles. The van der Waals surface area contributed by atoms with Crippen LogP contribution in [0.15, 0.2) is 12.1 Å². The Morgan fingerprint density at radius 1 is 1.22 bits per heavy atom. The zero-order valence-corrected chi connectivity index (χ0v) is 13.8. The first-order valence-corrected chi connectivity index (χ1v) is 8.13. The monoisotopic (exact) mass is 317 g/mol. The largest absolute Gasteiger partial charge is 0.496 e. The number of rotatable bonds is 3. The molecular weight excluding hydrogens is 294 g/mol. The van der Waals surface area contributed by atoms with Gasteiger partial charge < -0.3 is 14.7 Å². The highest BCUT2D eigenvalue weighted by Gasteiger charge is 2.49. The summed E-state index contributed by atoms with van der Waals surface area (Å²) < 4.78 is 5.34. The van der Waals surface area contributed by atoms with Crippen molar-refractivity contribution in [3.8, 4) is 5.75 Å². The van der Waals surface area contributed by atoms with Gasteiger partial charge in [-0.05, 0) is 61.8 Å². The summed E-state index contributed by atoms with van der Waals surface area (Å²) in [6.45, 7) is 4.36. The molecule has 3 rings (SSSR count). The standard InChI is InChI=1S/C18H23NO4/c1-10-7-13(8-11(2)16(10)23-3)17(20)19-9-12-5-4-6-14(12)15(19)18(21)22/h7-8,12,14-15H,4-6,9H2,1-3H3,(H,21,22)/t12-,14-,15+/m0/s1. The van der Waals surface area contributed by atoms with Gasteiger partial charge in [-0.15, -0.1) is 0 Å². The molecule has 23 heavy (non-hydrogen) atoms. The van der Waals surface area contributed by atoms with Crippen LogP contribution < -0.4 is 4.74 Å². The molecule has 0 radical (unpaired) electrons. The van der Waals surface area contributed by atoms with Gasteiger partial charge >= 0.3 is 5.97 Å². The van der Waals surface area contributed by atoms with E-state index in [0.717, 1.165) is 36.1 Å². The number of hydrogen-bond donors (Lipinski definition) is 1. The maximum atomic E-state index is 12.9. The van der Waals surface area contributed by atoms with E-state index in [9.17, 15) is 14.7 Å². The third-order valence-corrected chi connectivity index (χ3v) is 5.32. The second-order valence-corrected chi connectivity index (χ2v) is 6.74. The maximum Gasteiger partial charge on any atom is 0.326 e. The summed E-state index contributed by atoms with van der Waals surface area (Å²) in [6.07, 6.45) is 3.01. The predicted octanol–water partition coefficient (Wildman–Crippen LogP) is 2.64. The molecule has 0 bridgehead atoms. The average molecular weight is 317 g/mol. The van der Waals surface area contributed by atoms with Crippen molar-refractivity contribution in [1.29, 1.82) is 0 Å². The quantitative estimate of drug-likeness (QED) is 0.930. The lowest BCUT2D eigenvalue weighted by molar-refractivity contribution is -0.142. The zero-order valence-electron chi connectivity index (χ0n) is 13.8. The SMILES string of the molecule is COc1c(C)cc(C(=O)N2C[C@@H]3CCC[C@@H]3[C@@H]2C(=O)O)cc1C. The number of nitrogens with zero attached hydrogens (tertiary/aromatic N) is 1. The number of methoxy groups -OCH3 is 1. The Morgan fingerprint density at radius 2 is 1.87 bits per heavy atom. The highest BCUT2D eigenvalue weighted by Crippen LogP contribution is 2.43. The van der Waals surface area contributed by atoms with Crippen molar-refractivity contribution in [2.24, 2.45) is 11.8 Å². The fourth-order valence-corrected chi connectivity index (χ4v) is 4.39. The van der Waals surface area contributed by atoms with Crippen molar-refractivity contribution in [2.45, 2.75) is 39.2 Å². The molecule has 1 aliphatic carbocycles. The molecule has 2 aliphatic rings. The summed E-state index contributed by atoms with van der Waals surface area (Å²) in [5.74, 6) is 0.155. The molecule has 1 amide bonds. The van der Waals surface area contributed by atoms with E-state index < -0.39 is 12.0 Å². The molecule has 0 unspecified atom stereocenters. The molecule has 5 nitrogen and oxygen atoms in total. The number of likely N-dealkylation sites (tertiary alicyclic amines) is 1. The van der Waals surface area contributed by atoms with Gasteiger partial charge in [-0.3, -0.25) is 4.79 Å². The van der Waals surface area contributed by atoms with Crippen LogP contribution in [0, 0.1) is 25.7 Å². The van der Waals surface area contributed by atoms with E-state index in [1.807, 2.05) is 13.8 Å². The molecule has 3 atom stereocenters. The van der Waals surface area contributed by atoms with Gasteiger partial charge in [-0.2, -0.15) is 0 Å². The number of hydrogen-bond acceptors (Lipinski definition) is 3. The molecule has 5 heteroatoms. The van der Waals surface area contributed by atoms with Crippen molar-refractivity contribution in [2.75, 3.05) is 13.7 Å². The minimum atomic E-state index is -0.880. The molecular formula is C18H23NO4. The lowest BCUT2D eigenvalue weighted by atomic mass is 9.94. The number of aliphatic carboxylic acids is 1. The Kier molecular flexibility index (Phi) is 4.04. The van der Waals surface area contributed by atoms with E-state index >= 15 is 0 Å². The van der Waals surface area contributed by atoms with E-state index in [1.165, 1.54) is 0 Å². The normalized spacial score (nSPS) is 26.2.